The van der Waals surface area contributed by atoms with Gasteiger partial charge in [0.2, 0.25) is 0 Å². The van der Waals surface area contributed by atoms with E-state index in [-0.39, 0.29) is 12.3 Å². The highest BCUT2D eigenvalue weighted by atomic mass is 16.5. The molecule has 2 atom stereocenters. The van der Waals surface area contributed by atoms with Crippen LogP contribution in [0.3, 0.4) is 0 Å². The minimum absolute atomic E-state index is 0.0278. The number of aromatic nitrogens is 5. The topological polar surface area (TPSA) is 90.5 Å². The summed E-state index contributed by atoms with van der Waals surface area (Å²) in [5.74, 6) is 0.910. The predicted octanol–water partition coefficient (Wildman–Crippen LogP) is 2.99. The summed E-state index contributed by atoms with van der Waals surface area (Å²) >= 11 is 0. The van der Waals surface area contributed by atoms with Crippen LogP contribution in [0.5, 0.6) is 0 Å². The molecule has 9 nitrogen and oxygen atoms in total. The number of morpholine rings is 1. The fraction of sp³-hybridized carbons (Fsp3) is 0.609. The van der Waals surface area contributed by atoms with Gasteiger partial charge in [-0.3, -0.25) is 4.68 Å². The third-order valence-electron chi connectivity index (χ3n) is 6.08. The zero-order chi connectivity index (χ0) is 22.3. The van der Waals surface area contributed by atoms with Gasteiger partial charge in [0.05, 0.1) is 36.9 Å². The van der Waals surface area contributed by atoms with E-state index in [9.17, 15) is 5.11 Å². The largest absolute Gasteiger partial charge is 0.389 e. The number of pyridine rings is 1. The molecule has 5 heterocycles. The van der Waals surface area contributed by atoms with Crippen LogP contribution in [-0.4, -0.2) is 67.7 Å². The first-order valence-electron chi connectivity index (χ1n) is 11.5. The van der Waals surface area contributed by atoms with Gasteiger partial charge in [-0.1, -0.05) is 0 Å². The fourth-order valence-electron chi connectivity index (χ4n) is 4.49. The molecule has 0 aromatic carbocycles. The molecular formula is C23H32N6O3. The molecule has 5 rings (SSSR count). The van der Waals surface area contributed by atoms with E-state index < -0.39 is 5.60 Å². The maximum atomic E-state index is 10.4. The van der Waals surface area contributed by atoms with Crippen molar-refractivity contribution in [1.29, 1.82) is 0 Å². The minimum Gasteiger partial charge on any atom is -0.389 e. The average Bonchev–Trinajstić information content (AvgIpc) is 3.39. The van der Waals surface area contributed by atoms with Crippen molar-refractivity contribution < 1.29 is 14.6 Å². The summed E-state index contributed by atoms with van der Waals surface area (Å²) in [6, 6.07) is 6.31. The van der Waals surface area contributed by atoms with Crippen molar-refractivity contribution in [2.45, 2.75) is 64.4 Å². The molecule has 0 amide bonds. The van der Waals surface area contributed by atoms with Crippen molar-refractivity contribution in [2.24, 2.45) is 0 Å². The van der Waals surface area contributed by atoms with Crippen molar-refractivity contribution in [3.63, 3.8) is 0 Å². The number of anilines is 1. The average molecular weight is 441 g/mol. The molecule has 0 saturated carbocycles. The third kappa shape index (κ3) is 4.24. The highest BCUT2D eigenvalue weighted by molar-refractivity contribution is 5.90. The van der Waals surface area contributed by atoms with Crippen LogP contribution in [0.25, 0.3) is 22.4 Å². The van der Waals surface area contributed by atoms with Crippen LogP contribution in [0.15, 0.2) is 24.4 Å². The number of aliphatic hydroxyl groups is 1. The summed E-state index contributed by atoms with van der Waals surface area (Å²) in [5, 5.41) is 20.1. The van der Waals surface area contributed by atoms with Gasteiger partial charge in [0, 0.05) is 19.3 Å². The maximum absolute atomic E-state index is 10.4. The summed E-state index contributed by atoms with van der Waals surface area (Å²) in [4.78, 5) is 7.30. The predicted molar refractivity (Wildman–Crippen MR) is 122 cm³/mol. The van der Waals surface area contributed by atoms with Crippen LogP contribution in [-0.2, 0) is 16.0 Å². The molecule has 3 aromatic rings. The zero-order valence-corrected chi connectivity index (χ0v) is 19.1. The Labute approximate surface area is 187 Å². The smallest absolute Gasteiger partial charge is 0.150 e. The molecule has 2 fully saturated rings. The first-order valence-corrected chi connectivity index (χ1v) is 11.5. The lowest BCUT2D eigenvalue weighted by Crippen LogP contribution is -2.44. The monoisotopic (exact) mass is 440 g/mol. The van der Waals surface area contributed by atoms with Crippen LogP contribution in [0, 0.1) is 0 Å². The SMILES string of the molecule is C[C@@H]1COCCN1c1ccc2c(n1)c(-c1ccn(C3CCCCO3)n1)nn2CC(C)(C)O. The van der Waals surface area contributed by atoms with Crippen molar-refractivity contribution in [3.8, 4) is 11.4 Å². The normalized spacial score (nSPS) is 22.6. The number of ether oxygens (including phenoxy) is 2. The Kier molecular flexibility index (Phi) is 5.65. The van der Waals surface area contributed by atoms with Crippen LogP contribution >= 0.6 is 0 Å². The molecule has 9 heteroatoms. The van der Waals surface area contributed by atoms with Crippen molar-refractivity contribution >= 4 is 16.9 Å². The second-order valence-electron chi connectivity index (χ2n) is 9.48. The van der Waals surface area contributed by atoms with Gasteiger partial charge in [0.25, 0.3) is 0 Å². The molecule has 0 radical (unpaired) electrons. The maximum Gasteiger partial charge on any atom is 0.150 e. The van der Waals surface area contributed by atoms with Gasteiger partial charge in [-0.05, 0) is 58.2 Å². The summed E-state index contributed by atoms with van der Waals surface area (Å²) in [5.41, 5.74) is 2.26. The van der Waals surface area contributed by atoms with E-state index in [1.54, 1.807) is 13.8 Å². The van der Waals surface area contributed by atoms with E-state index in [0.717, 1.165) is 60.7 Å². The second-order valence-corrected chi connectivity index (χ2v) is 9.48. The number of hydrogen-bond acceptors (Lipinski definition) is 7. The summed E-state index contributed by atoms with van der Waals surface area (Å²) in [6.45, 7) is 9.04. The summed E-state index contributed by atoms with van der Waals surface area (Å²) < 4.78 is 15.2. The Bertz CT molecular complexity index is 1080. The lowest BCUT2D eigenvalue weighted by atomic mass is 10.1. The molecule has 2 aliphatic rings. The van der Waals surface area contributed by atoms with E-state index in [1.807, 2.05) is 33.8 Å². The molecule has 32 heavy (non-hydrogen) atoms. The van der Waals surface area contributed by atoms with Crippen molar-refractivity contribution in [3.05, 3.63) is 24.4 Å². The molecule has 172 valence electrons. The van der Waals surface area contributed by atoms with Crippen LogP contribution < -0.4 is 4.90 Å². The summed E-state index contributed by atoms with van der Waals surface area (Å²) in [6.07, 6.45) is 5.14. The molecule has 0 spiro atoms. The Morgan fingerprint density at radius 2 is 2.03 bits per heavy atom. The van der Waals surface area contributed by atoms with Gasteiger partial charge in [0.15, 0.2) is 0 Å². The van der Waals surface area contributed by atoms with Gasteiger partial charge in [0.1, 0.15) is 29.0 Å². The number of hydrogen-bond donors (Lipinski definition) is 1. The molecule has 2 saturated heterocycles. The van der Waals surface area contributed by atoms with E-state index in [4.69, 9.17) is 24.7 Å². The molecule has 0 bridgehead atoms. The van der Waals surface area contributed by atoms with E-state index in [1.165, 1.54) is 0 Å². The second kappa shape index (κ2) is 8.46. The number of fused-ring (bicyclic) bond motifs is 1. The fourth-order valence-corrected chi connectivity index (χ4v) is 4.49. The standard InChI is InChI=1S/C23H32N6O3/c1-16-14-31-13-11-27(16)19-8-7-18-22(24-19)21(26-29(18)15-23(2,3)30)17-9-10-28(25-17)20-6-4-5-12-32-20/h7-10,16,20,30H,4-6,11-15H2,1-3H3/t16-,20?/m1/s1. The zero-order valence-electron chi connectivity index (χ0n) is 19.1. The van der Waals surface area contributed by atoms with Gasteiger partial charge >= 0.3 is 0 Å². The van der Waals surface area contributed by atoms with E-state index in [0.29, 0.717) is 19.8 Å². The van der Waals surface area contributed by atoms with Gasteiger partial charge < -0.3 is 19.5 Å². The molecule has 0 aliphatic carbocycles. The Balaban J connectivity index is 1.57. The lowest BCUT2D eigenvalue weighted by Gasteiger charge is -2.34. The Morgan fingerprint density at radius 1 is 1.16 bits per heavy atom. The molecule has 1 unspecified atom stereocenters. The van der Waals surface area contributed by atoms with Gasteiger partial charge in [-0.25, -0.2) is 9.67 Å². The van der Waals surface area contributed by atoms with E-state index in [2.05, 4.69) is 11.8 Å². The first-order chi connectivity index (χ1) is 15.4. The van der Waals surface area contributed by atoms with Crippen molar-refractivity contribution in [1.82, 2.24) is 24.5 Å². The Morgan fingerprint density at radius 3 is 2.78 bits per heavy atom. The quantitative estimate of drug-likeness (QED) is 0.652. The van der Waals surface area contributed by atoms with Crippen LogP contribution in [0.4, 0.5) is 5.82 Å². The molecule has 3 aromatic heterocycles. The van der Waals surface area contributed by atoms with Crippen molar-refractivity contribution in [2.75, 3.05) is 31.3 Å². The lowest BCUT2D eigenvalue weighted by molar-refractivity contribution is -0.0393. The van der Waals surface area contributed by atoms with Gasteiger partial charge in [-0.2, -0.15) is 10.2 Å². The van der Waals surface area contributed by atoms with Crippen LogP contribution in [0.2, 0.25) is 0 Å². The van der Waals surface area contributed by atoms with Crippen LogP contribution in [0.1, 0.15) is 46.3 Å². The van der Waals surface area contributed by atoms with Gasteiger partial charge in [-0.15, -0.1) is 0 Å². The first kappa shape index (κ1) is 21.4. The highest BCUT2D eigenvalue weighted by Gasteiger charge is 2.25. The molecule has 1 N–H and O–H groups in total. The number of nitrogens with zero attached hydrogens (tertiary/aromatic N) is 6. The number of rotatable bonds is 5. The Hall–Kier alpha value is -2.49. The van der Waals surface area contributed by atoms with E-state index >= 15 is 0 Å². The summed E-state index contributed by atoms with van der Waals surface area (Å²) in [7, 11) is 0. The molecule has 2 aliphatic heterocycles. The third-order valence-corrected chi connectivity index (χ3v) is 6.08. The highest BCUT2D eigenvalue weighted by Crippen LogP contribution is 2.31. The minimum atomic E-state index is -0.900. The molecular weight excluding hydrogens is 408 g/mol.